The van der Waals surface area contributed by atoms with Gasteiger partial charge in [-0.3, -0.25) is 9.59 Å². The van der Waals surface area contributed by atoms with Gasteiger partial charge in [-0.25, -0.2) is 0 Å². The predicted molar refractivity (Wildman–Crippen MR) is 186 cm³/mol. The van der Waals surface area contributed by atoms with Crippen molar-refractivity contribution in [3.63, 3.8) is 0 Å². The molecule has 0 saturated heterocycles. The molecule has 0 amide bonds. The molecule has 0 aromatic rings. The van der Waals surface area contributed by atoms with Crippen molar-refractivity contribution in [3.05, 3.63) is 11.6 Å². The van der Waals surface area contributed by atoms with Gasteiger partial charge in [0.05, 0.1) is 12.2 Å². The molecule has 44 heavy (non-hydrogen) atoms. The quantitative estimate of drug-likeness (QED) is 0.127. The van der Waals surface area contributed by atoms with Crippen LogP contribution in [0.5, 0.6) is 0 Å². The molecule has 2 unspecified atom stereocenters. The third-order valence-corrected chi connectivity index (χ3v) is 20.2. The van der Waals surface area contributed by atoms with Gasteiger partial charge in [-0.2, -0.15) is 0 Å². The summed E-state index contributed by atoms with van der Waals surface area (Å²) in [5.41, 5.74) is 0.927. The fourth-order valence-electron chi connectivity index (χ4n) is 6.49. The summed E-state index contributed by atoms with van der Waals surface area (Å²) in [6.07, 6.45) is 11.3. The molecule has 3 aliphatic rings. The van der Waals surface area contributed by atoms with Crippen LogP contribution in [-0.2, 0) is 23.2 Å². The summed E-state index contributed by atoms with van der Waals surface area (Å²) >= 11 is 0. The Bertz CT molecular complexity index is 1090. The van der Waals surface area contributed by atoms with Crippen molar-refractivity contribution in [3.8, 4) is 11.8 Å². The Morgan fingerprint density at radius 3 is 2.11 bits per heavy atom. The van der Waals surface area contributed by atoms with Crippen LogP contribution in [0, 0.1) is 35.5 Å². The lowest BCUT2D eigenvalue weighted by molar-refractivity contribution is -0.147. The molecule has 0 aliphatic heterocycles. The van der Waals surface area contributed by atoms with E-state index < -0.39 is 16.6 Å². The van der Waals surface area contributed by atoms with Crippen LogP contribution in [-0.4, -0.2) is 46.7 Å². The summed E-state index contributed by atoms with van der Waals surface area (Å²) in [4.78, 5) is 25.2. The van der Waals surface area contributed by atoms with Crippen molar-refractivity contribution in [1.29, 1.82) is 0 Å². The molecule has 0 N–H and O–H groups in total. The van der Waals surface area contributed by atoms with E-state index >= 15 is 0 Å². The molecule has 5 nitrogen and oxygen atoms in total. The number of fused-ring (bicyclic) bond motifs is 1. The summed E-state index contributed by atoms with van der Waals surface area (Å²) in [7, 11) is -4.02. The Hall–Kier alpha value is -1.21. The van der Waals surface area contributed by atoms with Gasteiger partial charge in [-0.1, -0.05) is 78.7 Å². The number of carbonyl (C=O) groups is 2. The lowest BCUT2D eigenvalue weighted by atomic mass is 9.84. The maximum atomic E-state index is 13.3. The minimum absolute atomic E-state index is 0.0372. The lowest BCUT2D eigenvalue weighted by Gasteiger charge is -2.41. The van der Waals surface area contributed by atoms with E-state index in [1.54, 1.807) is 0 Å². The van der Waals surface area contributed by atoms with Crippen LogP contribution in [0.25, 0.3) is 0 Å². The topological polar surface area (TPSA) is 61.8 Å². The van der Waals surface area contributed by atoms with E-state index in [0.29, 0.717) is 30.6 Å². The van der Waals surface area contributed by atoms with Gasteiger partial charge in [-0.05, 0) is 106 Å². The zero-order valence-electron chi connectivity index (χ0n) is 30.2. The standard InChI is InChI=1S/C37H64O5Si2/c1-26(2)40-35(39)20-16-19-32(38)29-23-28-25-34(42-44(11,12)37(6,7)8)30(31(28)24-29)21-22-33(27-17-14-13-15-18-27)41-43(9,10)36(3,4)5/h23,26-28,30-31,33-34H,13-20,24-25H2,1-12H3/t28?,30-,31?,33+,34-/m0/s1. The smallest absolute Gasteiger partial charge is 0.306 e. The molecule has 5 atom stereocenters. The Morgan fingerprint density at radius 2 is 1.55 bits per heavy atom. The monoisotopic (exact) mass is 644 g/mol. The minimum atomic E-state index is -2.01. The molecule has 0 aromatic heterocycles. The van der Waals surface area contributed by atoms with E-state index in [9.17, 15) is 9.59 Å². The molecule has 0 spiro atoms. The molecule has 3 aliphatic carbocycles. The van der Waals surface area contributed by atoms with E-state index in [2.05, 4.69) is 85.6 Å². The number of hydrogen-bond donors (Lipinski definition) is 0. The number of esters is 1. The summed E-state index contributed by atoms with van der Waals surface area (Å²) in [6.45, 7) is 26.9. The van der Waals surface area contributed by atoms with Crippen molar-refractivity contribution in [2.75, 3.05) is 0 Å². The Labute approximate surface area is 272 Å². The van der Waals surface area contributed by atoms with Crippen LogP contribution in [0.1, 0.15) is 120 Å². The van der Waals surface area contributed by atoms with E-state index in [-0.39, 0.29) is 52.5 Å². The Morgan fingerprint density at radius 1 is 0.932 bits per heavy atom. The number of Topliss-reactive ketones (excluding diaryl/α,β-unsaturated/α-hetero) is 1. The highest BCUT2D eigenvalue weighted by atomic mass is 28.4. The second-order valence-electron chi connectivity index (χ2n) is 17.2. The molecule has 0 bridgehead atoms. The van der Waals surface area contributed by atoms with Gasteiger partial charge < -0.3 is 13.6 Å². The summed E-state index contributed by atoms with van der Waals surface area (Å²) in [6, 6.07) is 0. The van der Waals surface area contributed by atoms with Crippen molar-refractivity contribution in [1.82, 2.24) is 0 Å². The third kappa shape index (κ3) is 9.66. The van der Waals surface area contributed by atoms with Crippen LogP contribution >= 0.6 is 0 Å². The summed E-state index contributed by atoms with van der Waals surface area (Å²) in [5, 5.41) is 0.247. The Balaban J connectivity index is 1.85. The molecule has 0 aromatic carbocycles. The fourth-order valence-corrected chi connectivity index (χ4v) is 9.09. The highest BCUT2D eigenvalue weighted by Gasteiger charge is 2.50. The maximum absolute atomic E-state index is 13.3. The van der Waals surface area contributed by atoms with Crippen LogP contribution in [0.4, 0.5) is 0 Å². The van der Waals surface area contributed by atoms with Gasteiger partial charge in [-0.15, -0.1) is 0 Å². The van der Waals surface area contributed by atoms with Crippen molar-refractivity contribution >= 4 is 28.4 Å². The normalized spacial score (nSPS) is 25.7. The number of ether oxygens (including phenoxy) is 1. The number of carbonyl (C=O) groups excluding carboxylic acids is 2. The second kappa shape index (κ2) is 14.7. The molecule has 250 valence electrons. The van der Waals surface area contributed by atoms with Crippen LogP contribution < -0.4 is 0 Å². The molecule has 3 rings (SSSR count). The highest BCUT2D eigenvalue weighted by Crippen LogP contribution is 2.50. The van der Waals surface area contributed by atoms with Gasteiger partial charge in [0.1, 0.15) is 6.10 Å². The van der Waals surface area contributed by atoms with Crippen molar-refractivity contribution < 1.29 is 23.2 Å². The lowest BCUT2D eigenvalue weighted by Crippen LogP contribution is -2.46. The SMILES string of the molecule is CC(C)OC(=O)CCCC(=O)C1=CC2C[C@H](O[Si](C)(C)C(C)(C)C)[C@@H](C#C[C@@H](O[Si](C)(C)C(C)(C)C)C3CCCCC3)C2C1. The third-order valence-electron chi connectivity index (χ3n) is 11.2. The first kappa shape index (κ1) is 37.3. The number of ketones is 1. The van der Waals surface area contributed by atoms with E-state index in [1.807, 2.05) is 13.8 Å². The first-order chi connectivity index (χ1) is 20.2. The molecule has 7 heteroatoms. The van der Waals surface area contributed by atoms with E-state index in [1.165, 1.54) is 32.1 Å². The first-order valence-corrected chi connectivity index (χ1v) is 23.3. The van der Waals surface area contributed by atoms with Crippen LogP contribution in [0.15, 0.2) is 11.6 Å². The van der Waals surface area contributed by atoms with Gasteiger partial charge in [0.2, 0.25) is 0 Å². The highest BCUT2D eigenvalue weighted by molar-refractivity contribution is 6.74. The van der Waals surface area contributed by atoms with Crippen LogP contribution in [0.2, 0.25) is 36.3 Å². The number of allylic oxidation sites excluding steroid dienone is 2. The second-order valence-corrected chi connectivity index (χ2v) is 26.7. The summed E-state index contributed by atoms with van der Waals surface area (Å²) in [5.74, 6) is 8.72. The molecular formula is C37H64O5Si2. The average molecular weight is 645 g/mol. The Kier molecular flexibility index (Phi) is 12.4. The predicted octanol–water partition coefficient (Wildman–Crippen LogP) is 9.62. The molecule has 2 saturated carbocycles. The van der Waals surface area contributed by atoms with Crippen LogP contribution in [0.3, 0.4) is 0 Å². The largest absolute Gasteiger partial charge is 0.463 e. The molecule has 0 radical (unpaired) electrons. The zero-order chi connectivity index (χ0) is 33.1. The fraction of sp³-hybridized carbons (Fsp3) is 0.838. The number of hydrogen-bond acceptors (Lipinski definition) is 5. The minimum Gasteiger partial charge on any atom is -0.463 e. The van der Waals surface area contributed by atoms with E-state index in [0.717, 1.165) is 18.4 Å². The van der Waals surface area contributed by atoms with E-state index in [4.69, 9.17) is 13.6 Å². The van der Waals surface area contributed by atoms with Gasteiger partial charge in [0, 0.05) is 18.8 Å². The van der Waals surface area contributed by atoms with Gasteiger partial charge in [0.25, 0.3) is 0 Å². The molecule has 0 heterocycles. The first-order valence-electron chi connectivity index (χ1n) is 17.5. The number of rotatable bonds is 11. The average Bonchev–Trinajstić information content (AvgIpc) is 3.43. The zero-order valence-corrected chi connectivity index (χ0v) is 32.2. The van der Waals surface area contributed by atoms with Gasteiger partial charge >= 0.3 is 5.97 Å². The van der Waals surface area contributed by atoms with Crippen molar-refractivity contribution in [2.45, 2.75) is 174 Å². The molecule has 2 fully saturated rings. The van der Waals surface area contributed by atoms with Crippen molar-refractivity contribution in [2.24, 2.45) is 23.7 Å². The summed E-state index contributed by atoms with van der Waals surface area (Å²) < 4.78 is 19.4. The molecular weight excluding hydrogens is 581 g/mol. The maximum Gasteiger partial charge on any atom is 0.306 e. The van der Waals surface area contributed by atoms with Gasteiger partial charge in [0.15, 0.2) is 22.4 Å².